The monoisotopic (exact) mass is 941 g/mol. The highest BCUT2D eigenvalue weighted by atomic mass is 35.5. The van der Waals surface area contributed by atoms with Gasteiger partial charge in [-0.15, -0.1) is 5.06 Å². The fourth-order valence-corrected chi connectivity index (χ4v) is 9.70. The van der Waals surface area contributed by atoms with E-state index in [0.717, 1.165) is 51.8 Å². The normalized spacial score (nSPS) is 21.0. The van der Waals surface area contributed by atoms with Crippen LogP contribution in [0.4, 0.5) is 5.82 Å². The molecule has 5 aliphatic heterocycles. The number of amides is 2. The van der Waals surface area contributed by atoms with Gasteiger partial charge in [-0.1, -0.05) is 50.1 Å². The van der Waals surface area contributed by atoms with Crippen LogP contribution in [-0.2, 0) is 51.4 Å². The number of fused-ring (bicyclic) bond motifs is 2. The Hall–Kier alpha value is -4.59. The Morgan fingerprint density at radius 2 is 1.56 bits per heavy atom. The number of amidine groups is 1. The van der Waals surface area contributed by atoms with E-state index < -0.39 is 48.8 Å². The average molecular weight is 943 g/mol. The number of halogens is 1. The SMILES string of the molecule is CC1(C)C2=CC=CN(CCCCS(=O)(=O)O)C2=N/C1=C/C=C1\CN(CCCCCC(=O)ON2C(=O)CCC2=O)CC(/C=C/C2=Nc3c(ccc[n+]3CCCCS(=O)(=O)O)C2(C)C)=C1Cl. The smallest absolute Gasteiger partial charge is 0.333 e. The van der Waals surface area contributed by atoms with Gasteiger partial charge >= 0.3 is 11.8 Å². The topological polar surface area (TPSA) is 207 Å². The van der Waals surface area contributed by atoms with E-state index in [4.69, 9.17) is 26.4 Å². The van der Waals surface area contributed by atoms with E-state index in [2.05, 4.69) is 32.6 Å². The number of aryl methyl sites for hydroxylation is 1. The Labute approximate surface area is 380 Å². The third-order valence-electron chi connectivity index (χ3n) is 12.1. The Morgan fingerprint density at radius 1 is 0.875 bits per heavy atom. The lowest BCUT2D eigenvalue weighted by Crippen LogP contribution is -2.35. The first kappa shape index (κ1) is 48.9. The van der Waals surface area contributed by atoms with Crippen LogP contribution in [0.1, 0.15) is 97.5 Å². The fourth-order valence-electron chi connectivity index (χ4n) is 8.32. The minimum atomic E-state index is -4.03. The summed E-state index contributed by atoms with van der Waals surface area (Å²) in [5.74, 6) is -0.634. The van der Waals surface area contributed by atoms with Crippen molar-refractivity contribution in [2.45, 2.75) is 104 Å². The van der Waals surface area contributed by atoms with E-state index in [-0.39, 0.29) is 30.8 Å². The molecule has 0 unspecified atom stereocenters. The third-order valence-corrected chi connectivity index (χ3v) is 14.2. The molecule has 0 aliphatic carbocycles. The summed E-state index contributed by atoms with van der Waals surface area (Å²) in [7, 11) is -8.07. The van der Waals surface area contributed by atoms with Crippen LogP contribution in [0.2, 0.25) is 0 Å². The second-order valence-electron chi connectivity index (χ2n) is 17.7. The van der Waals surface area contributed by atoms with Crippen molar-refractivity contribution < 1.29 is 49.7 Å². The number of carbonyl (C=O) groups is 3. The Morgan fingerprint density at radius 3 is 2.27 bits per heavy atom. The summed E-state index contributed by atoms with van der Waals surface area (Å²) in [5.41, 5.74) is 4.64. The second kappa shape index (κ2) is 20.3. The molecular weight excluding hydrogens is 884 g/mol. The molecule has 1 aromatic rings. The molecule has 6 rings (SSSR count). The quantitative estimate of drug-likeness (QED) is 0.0648. The maximum atomic E-state index is 12.4. The summed E-state index contributed by atoms with van der Waals surface area (Å²) in [5, 5.41) is 1.19. The van der Waals surface area contributed by atoms with E-state index >= 15 is 0 Å². The van der Waals surface area contributed by atoms with Gasteiger partial charge in [0.2, 0.25) is 0 Å². The number of hydrogen-bond donors (Lipinski definition) is 2. The van der Waals surface area contributed by atoms with E-state index in [1.54, 1.807) is 0 Å². The predicted octanol–water partition coefficient (Wildman–Crippen LogP) is 6.21. The van der Waals surface area contributed by atoms with Gasteiger partial charge in [0, 0.05) is 61.1 Å². The maximum Gasteiger partial charge on any atom is 0.333 e. The molecule has 1 saturated heterocycles. The van der Waals surface area contributed by atoms with Crippen molar-refractivity contribution in [3.8, 4) is 0 Å². The molecule has 19 heteroatoms. The van der Waals surface area contributed by atoms with Gasteiger partial charge in [-0.25, -0.2) is 14.4 Å². The predicted molar refractivity (Wildman–Crippen MR) is 243 cm³/mol. The van der Waals surface area contributed by atoms with Crippen molar-refractivity contribution in [3.05, 3.63) is 94.0 Å². The van der Waals surface area contributed by atoms with Gasteiger partial charge in [0.05, 0.1) is 40.9 Å². The minimum absolute atomic E-state index is 0.0405. The number of nitrogens with zero attached hydrogens (tertiary/aromatic N) is 6. The van der Waals surface area contributed by atoms with Gasteiger partial charge < -0.3 is 9.74 Å². The standard InChI is InChI=1S/C45H57ClN6O10S2/c1-44(2)34-14-12-26-50(24-8-10-28-63(56,57)58)42(34)47-36(44)19-17-32-30-49(23-7-5-6-16-40(55)62-52-38(53)21-22-39(52)54)31-33(41(32)46)18-20-37-45(3,4)35-15-13-27-51(43(35)48-37)25-9-11-29-64(59,60)61/h12-15,17-20,26-27H,5-11,16,21-25,28-31H2,1-4H3,(H-,56,57,58,59,60,61)/p+1. The minimum Gasteiger partial charge on any atom is -0.333 e. The summed E-state index contributed by atoms with van der Waals surface area (Å²) in [6, 6.07) is 4.00. The number of aromatic nitrogens is 1. The number of aliphatic imine (C=N–C) groups is 2. The lowest BCUT2D eigenvalue weighted by Gasteiger charge is -2.30. The molecule has 0 atom stereocenters. The fraction of sp³-hybridized carbons (Fsp3) is 0.511. The van der Waals surface area contributed by atoms with Crippen molar-refractivity contribution in [1.29, 1.82) is 0 Å². The Balaban J connectivity index is 1.21. The van der Waals surface area contributed by atoms with Crippen LogP contribution in [-0.4, -0.2) is 108 Å². The number of imide groups is 1. The zero-order valence-electron chi connectivity index (χ0n) is 36.8. The van der Waals surface area contributed by atoms with Crippen LogP contribution in [0.5, 0.6) is 0 Å². The molecular formula is C45H58ClN6O10S2+. The van der Waals surface area contributed by atoms with Crippen molar-refractivity contribution in [3.63, 3.8) is 0 Å². The van der Waals surface area contributed by atoms with E-state index in [0.29, 0.717) is 81.3 Å². The summed E-state index contributed by atoms with van der Waals surface area (Å²) in [6.45, 7) is 11.3. The number of hydrogen-bond acceptors (Lipinski definition) is 12. The van der Waals surface area contributed by atoms with Crippen molar-refractivity contribution >= 4 is 67.0 Å². The van der Waals surface area contributed by atoms with Gasteiger partial charge in [-0.2, -0.15) is 16.8 Å². The molecule has 2 N–H and O–H groups in total. The first-order chi connectivity index (χ1) is 30.1. The largest absolute Gasteiger partial charge is 0.333 e. The highest BCUT2D eigenvalue weighted by Crippen LogP contribution is 2.44. The summed E-state index contributed by atoms with van der Waals surface area (Å²) in [4.78, 5) is 55.6. The number of carbonyl (C=O) groups excluding carboxylic acids is 3. The molecule has 0 radical (unpaired) electrons. The number of rotatable bonds is 20. The van der Waals surface area contributed by atoms with Crippen LogP contribution >= 0.6 is 11.6 Å². The van der Waals surface area contributed by atoms with Gasteiger partial charge in [0.15, 0.2) is 5.71 Å². The molecule has 5 aliphatic rings. The van der Waals surface area contributed by atoms with Gasteiger partial charge in [0.1, 0.15) is 5.84 Å². The van der Waals surface area contributed by atoms with Crippen LogP contribution in [0.3, 0.4) is 0 Å². The highest BCUT2D eigenvalue weighted by molar-refractivity contribution is 7.86. The molecule has 346 valence electrons. The number of pyridine rings is 1. The molecule has 0 spiro atoms. The van der Waals surface area contributed by atoms with E-state index in [1.165, 1.54) is 0 Å². The molecule has 6 heterocycles. The number of hydroxylamine groups is 2. The molecule has 1 fully saturated rings. The van der Waals surface area contributed by atoms with Gasteiger partial charge in [-0.3, -0.25) is 23.6 Å². The Bertz CT molecular complexity index is 2500. The average Bonchev–Trinajstić information content (AvgIpc) is 3.78. The molecule has 16 nitrogen and oxygen atoms in total. The number of unbranched alkanes of at least 4 members (excludes halogenated alkanes) is 4. The van der Waals surface area contributed by atoms with Crippen LogP contribution in [0.25, 0.3) is 0 Å². The molecule has 64 heavy (non-hydrogen) atoms. The molecule has 0 aromatic carbocycles. The van der Waals surface area contributed by atoms with Crippen molar-refractivity contribution in [2.24, 2.45) is 15.4 Å². The summed E-state index contributed by atoms with van der Waals surface area (Å²) >= 11 is 7.27. The third kappa shape index (κ3) is 12.2. The van der Waals surface area contributed by atoms with Crippen molar-refractivity contribution in [1.82, 2.24) is 14.9 Å². The molecule has 2 amide bonds. The molecule has 0 bridgehead atoms. The van der Waals surface area contributed by atoms with Gasteiger partial charge in [-0.05, 0) is 105 Å². The first-order valence-corrected chi connectivity index (χ1v) is 25.3. The zero-order chi connectivity index (χ0) is 46.5. The maximum absolute atomic E-state index is 12.4. The lowest BCUT2D eigenvalue weighted by molar-refractivity contribution is -0.684. The lowest BCUT2D eigenvalue weighted by atomic mass is 9.81. The van der Waals surface area contributed by atoms with Crippen LogP contribution in [0, 0.1) is 5.41 Å². The summed E-state index contributed by atoms with van der Waals surface area (Å²) in [6.07, 6.45) is 19.8. The summed E-state index contributed by atoms with van der Waals surface area (Å²) < 4.78 is 65.4. The van der Waals surface area contributed by atoms with Crippen LogP contribution < -0.4 is 4.57 Å². The second-order valence-corrected chi connectivity index (χ2v) is 21.2. The van der Waals surface area contributed by atoms with Gasteiger partial charge in [0.25, 0.3) is 32.1 Å². The number of allylic oxidation sites excluding steroid dienone is 6. The van der Waals surface area contributed by atoms with E-state index in [9.17, 15) is 40.3 Å². The highest BCUT2D eigenvalue weighted by Gasteiger charge is 2.42. The van der Waals surface area contributed by atoms with Crippen LogP contribution in [0.15, 0.2) is 98.4 Å². The van der Waals surface area contributed by atoms with E-state index in [1.807, 2.05) is 70.5 Å². The molecule has 1 aromatic heterocycles. The first-order valence-electron chi connectivity index (χ1n) is 21.7. The zero-order valence-corrected chi connectivity index (χ0v) is 39.2. The Kier molecular flexibility index (Phi) is 15.5. The van der Waals surface area contributed by atoms with Crippen molar-refractivity contribution in [2.75, 3.05) is 37.7 Å². The molecule has 0 saturated carbocycles.